The summed E-state index contributed by atoms with van der Waals surface area (Å²) in [7, 11) is 0. The van der Waals surface area contributed by atoms with Crippen LogP contribution in [0.25, 0.3) is 0 Å². The molecule has 1 rings (SSSR count). The molecule has 8 nitrogen and oxygen atoms in total. The van der Waals surface area contributed by atoms with E-state index in [-0.39, 0.29) is 12.4 Å². The van der Waals surface area contributed by atoms with E-state index in [2.05, 4.69) is 20.0 Å². The number of nitrogens with zero attached hydrogens (tertiary/aromatic N) is 2. The Morgan fingerprint density at radius 3 is 3.07 bits per heavy atom. The second kappa shape index (κ2) is 5.42. The third-order valence-electron chi connectivity index (χ3n) is 1.19. The predicted octanol–water partition coefficient (Wildman–Crippen LogP) is -1.21. The molecule has 0 saturated heterocycles. The average molecular weight is 218 g/mol. The van der Waals surface area contributed by atoms with E-state index in [9.17, 15) is 4.79 Å². The predicted molar refractivity (Wildman–Crippen MR) is 49.6 cm³/mol. The van der Waals surface area contributed by atoms with Crippen LogP contribution in [-0.4, -0.2) is 26.9 Å². The molecule has 0 aliphatic rings. The van der Waals surface area contributed by atoms with E-state index in [0.29, 0.717) is 10.9 Å². The van der Waals surface area contributed by atoms with Crippen molar-refractivity contribution in [2.24, 2.45) is 5.84 Å². The van der Waals surface area contributed by atoms with E-state index in [1.807, 2.05) is 0 Å². The normalized spacial score (nSPS) is 10.1. The topological polar surface area (TPSA) is 132 Å². The van der Waals surface area contributed by atoms with Crippen LogP contribution >= 0.6 is 11.8 Å². The number of nitrogens with one attached hydrogen (secondary N) is 2. The van der Waals surface area contributed by atoms with E-state index in [1.54, 1.807) is 5.59 Å². The molecule has 9 heteroatoms. The summed E-state index contributed by atoms with van der Waals surface area (Å²) >= 11 is 1.29. The summed E-state index contributed by atoms with van der Waals surface area (Å²) < 4.78 is 0. The minimum absolute atomic E-state index is 0.212. The number of hydrogen-bond donors (Lipinski definition) is 4. The molecule has 0 amide bonds. The van der Waals surface area contributed by atoms with Gasteiger partial charge in [0.2, 0.25) is 11.1 Å². The number of carbonyl (C=O) groups excluding carboxylic acids is 1. The van der Waals surface area contributed by atoms with Gasteiger partial charge >= 0.3 is 5.97 Å². The third-order valence-corrected chi connectivity index (χ3v) is 2.04. The fourth-order valence-corrected chi connectivity index (χ4v) is 1.39. The van der Waals surface area contributed by atoms with Crippen molar-refractivity contribution in [2.75, 3.05) is 11.5 Å². The molecule has 0 aliphatic carbocycles. The fraction of sp³-hybridized carbons (Fsp3) is 0.400. The molecule has 0 fully saturated rings. The van der Waals surface area contributed by atoms with Crippen LogP contribution in [0.1, 0.15) is 6.42 Å². The molecule has 0 spiro atoms. The minimum atomic E-state index is -0.441. The zero-order valence-electron chi connectivity index (χ0n) is 7.19. The average Bonchev–Trinajstić information content (AvgIpc) is 2.52. The maximum absolute atomic E-state index is 10.8. The fourth-order valence-electron chi connectivity index (χ4n) is 0.665. The highest BCUT2D eigenvalue weighted by Gasteiger charge is 2.05. The number of aromatic amines is 1. The molecular formula is C5H10N6O2S. The van der Waals surface area contributed by atoms with Gasteiger partial charge in [-0.3, -0.25) is 4.79 Å². The Bertz CT molecular complexity index is 302. The van der Waals surface area contributed by atoms with Crippen molar-refractivity contribution in [3.05, 3.63) is 0 Å². The lowest BCUT2D eigenvalue weighted by Crippen LogP contribution is -2.26. The van der Waals surface area contributed by atoms with Crippen LogP contribution in [0.2, 0.25) is 0 Å². The summed E-state index contributed by atoms with van der Waals surface area (Å²) in [6.07, 6.45) is 0.212. The molecule has 1 heterocycles. The number of nitrogen functional groups attached to an aromatic ring is 1. The number of H-pyrrole nitrogens is 1. The lowest BCUT2D eigenvalue weighted by Gasteiger charge is -1.98. The van der Waals surface area contributed by atoms with E-state index in [0.717, 1.165) is 0 Å². The molecule has 0 aliphatic heterocycles. The molecule has 0 aromatic carbocycles. The smallest absolute Gasteiger partial charge is 0.327 e. The van der Waals surface area contributed by atoms with Crippen LogP contribution in [0.5, 0.6) is 0 Å². The highest BCUT2D eigenvalue weighted by atomic mass is 32.2. The SMILES string of the molecule is NNOC(=O)CCSc1n[nH]c(N)n1. The van der Waals surface area contributed by atoms with Crippen molar-refractivity contribution >= 4 is 23.7 Å². The van der Waals surface area contributed by atoms with E-state index in [4.69, 9.17) is 11.6 Å². The second-order valence-corrected chi connectivity index (χ2v) is 3.26. The minimum Gasteiger partial charge on any atom is -0.368 e. The van der Waals surface area contributed by atoms with Crippen molar-refractivity contribution in [2.45, 2.75) is 11.6 Å². The number of carbonyl (C=O) groups is 1. The Kier molecular flexibility index (Phi) is 4.16. The van der Waals surface area contributed by atoms with Gasteiger partial charge in [-0.15, -0.1) is 5.10 Å². The van der Waals surface area contributed by atoms with Crippen LogP contribution in [-0.2, 0) is 9.63 Å². The molecule has 78 valence electrons. The molecule has 1 aromatic heterocycles. The van der Waals surface area contributed by atoms with Gasteiger partial charge in [0.05, 0.1) is 6.42 Å². The molecule has 0 bridgehead atoms. The first-order valence-electron chi connectivity index (χ1n) is 3.68. The zero-order valence-corrected chi connectivity index (χ0v) is 8.00. The summed E-state index contributed by atoms with van der Waals surface area (Å²) in [5.41, 5.74) is 7.10. The van der Waals surface area contributed by atoms with Gasteiger partial charge in [0, 0.05) is 5.75 Å². The van der Waals surface area contributed by atoms with E-state index >= 15 is 0 Å². The molecule has 6 N–H and O–H groups in total. The van der Waals surface area contributed by atoms with Gasteiger partial charge in [0.1, 0.15) is 0 Å². The number of rotatable bonds is 5. The number of nitrogens with two attached hydrogens (primary N) is 2. The summed E-state index contributed by atoms with van der Waals surface area (Å²) in [5.74, 6) is 5.07. The summed E-state index contributed by atoms with van der Waals surface area (Å²) in [6, 6.07) is 0. The Morgan fingerprint density at radius 2 is 2.50 bits per heavy atom. The third kappa shape index (κ3) is 3.60. The maximum Gasteiger partial charge on any atom is 0.327 e. The van der Waals surface area contributed by atoms with Crippen molar-refractivity contribution in [3.8, 4) is 0 Å². The van der Waals surface area contributed by atoms with Crippen molar-refractivity contribution in [1.82, 2.24) is 20.8 Å². The van der Waals surface area contributed by atoms with E-state index in [1.165, 1.54) is 11.8 Å². The molecule has 0 saturated carbocycles. The van der Waals surface area contributed by atoms with Gasteiger partial charge in [-0.25, -0.2) is 10.9 Å². The molecule has 1 aromatic rings. The molecular weight excluding hydrogens is 208 g/mol. The number of aromatic nitrogens is 3. The Hall–Kier alpha value is -1.32. The summed E-state index contributed by atoms with van der Waals surface area (Å²) in [5, 5.41) is 6.74. The lowest BCUT2D eigenvalue weighted by atomic mass is 10.5. The van der Waals surface area contributed by atoms with Crippen LogP contribution in [0, 0.1) is 0 Å². The maximum atomic E-state index is 10.8. The highest BCUT2D eigenvalue weighted by Crippen LogP contribution is 2.13. The molecule has 0 unspecified atom stereocenters. The van der Waals surface area contributed by atoms with Gasteiger partial charge in [-0.1, -0.05) is 17.4 Å². The zero-order chi connectivity index (χ0) is 10.4. The van der Waals surface area contributed by atoms with Crippen molar-refractivity contribution in [3.63, 3.8) is 0 Å². The number of thioether (sulfide) groups is 1. The highest BCUT2D eigenvalue weighted by molar-refractivity contribution is 7.99. The Balaban J connectivity index is 2.18. The van der Waals surface area contributed by atoms with Crippen LogP contribution in [0.4, 0.5) is 5.95 Å². The number of hydrogen-bond acceptors (Lipinski definition) is 8. The van der Waals surface area contributed by atoms with E-state index < -0.39 is 5.97 Å². The first-order chi connectivity index (χ1) is 6.72. The summed E-state index contributed by atoms with van der Waals surface area (Å²) in [4.78, 5) is 18.9. The largest absolute Gasteiger partial charge is 0.368 e. The molecule has 14 heavy (non-hydrogen) atoms. The summed E-state index contributed by atoms with van der Waals surface area (Å²) in [6.45, 7) is 0. The van der Waals surface area contributed by atoms with Crippen molar-refractivity contribution in [1.29, 1.82) is 0 Å². The van der Waals surface area contributed by atoms with Crippen LogP contribution < -0.4 is 17.2 Å². The first kappa shape index (κ1) is 10.8. The van der Waals surface area contributed by atoms with Crippen LogP contribution in [0.15, 0.2) is 5.16 Å². The Labute approximate surface area is 83.7 Å². The van der Waals surface area contributed by atoms with Gasteiger partial charge in [-0.05, 0) is 0 Å². The van der Waals surface area contributed by atoms with Gasteiger partial charge in [0.15, 0.2) is 0 Å². The molecule has 0 radical (unpaired) electrons. The van der Waals surface area contributed by atoms with Crippen LogP contribution in [0.3, 0.4) is 0 Å². The van der Waals surface area contributed by atoms with Crippen molar-refractivity contribution < 1.29 is 9.63 Å². The number of anilines is 1. The van der Waals surface area contributed by atoms with Gasteiger partial charge < -0.3 is 10.6 Å². The standard InChI is InChI=1S/C5H10N6O2S/c6-4-8-5(10-9-4)14-2-1-3(12)13-11-7/h11H,1-2,7H2,(H3,6,8,9,10). The number of hydrazine groups is 1. The first-order valence-corrected chi connectivity index (χ1v) is 4.67. The lowest BCUT2D eigenvalue weighted by molar-refractivity contribution is -0.150. The Morgan fingerprint density at radius 1 is 1.71 bits per heavy atom. The van der Waals surface area contributed by atoms with Gasteiger partial charge in [-0.2, -0.15) is 4.98 Å². The molecule has 0 atom stereocenters. The second-order valence-electron chi connectivity index (χ2n) is 2.19. The monoisotopic (exact) mass is 218 g/mol. The van der Waals surface area contributed by atoms with Gasteiger partial charge in [0.25, 0.3) is 0 Å². The quantitative estimate of drug-likeness (QED) is 0.275.